The van der Waals surface area contributed by atoms with E-state index in [1.165, 1.54) is 14.2 Å². The molecule has 0 unspecified atom stereocenters. The molecular formula is C22H22BrN3O7. The Morgan fingerprint density at radius 3 is 2.48 bits per heavy atom. The zero-order valence-electron chi connectivity index (χ0n) is 17.9. The van der Waals surface area contributed by atoms with Crippen molar-refractivity contribution in [2.45, 2.75) is 6.42 Å². The average molecular weight is 520 g/mol. The molecule has 0 radical (unpaired) electrons. The number of hydrogen-bond donors (Lipinski definition) is 2. The van der Waals surface area contributed by atoms with Gasteiger partial charge >= 0.3 is 5.97 Å². The molecular weight excluding hydrogens is 498 g/mol. The lowest BCUT2D eigenvalue weighted by molar-refractivity contribution is -0.151. The molecule has 1 heterocycles. The van der Waals surface area contributed by atoms with Crippen molar-refractivity contribution in [1.29, 1.82) is 0 Å². The van der Waals surface area contributed by atoms with Crippen molar-refractivity contribution in [3.8, 4) is 11.5 Å². The predicted molar refractivity (Wildman–Crippen MR) is 121 cm³/mol. The molecule has 0 bridgehead atoms. The van der Waals surface area contributed by atoms with Gasteiger partial charge in [0.15, 0.2) is 6.61 Å². The van der Waals surface area contributed by atoms with Crippen molar-refractivity contribution < 1.29 is 33.4 Å². The first kappa shape index (κ1) is 24.1. The van der Waals surface area contributed by atoms with Crippen LogP contribution in [-0.2, 0) is 19.1 Å². The standard InChI is InChI=1S/C22H22BrN3O7/c1-31-16-7-8-18(32-2)17(10-16)24-19(27)12-33-22(30)14-9-20(28)26(11-14)25-21(29)13-3-5-15(23)6-4-13/h3-8,10,14H,9,11-12H2,1-2H3,(H,24,27)(H,25,29)/t14-/m0/s1. The zero-order valence-corrected chi connectivity index (χ0v) is 19.5. The van der Waals surface area contributed by atoms with Gasteiger partial charge in [0, 0.05) is 22.5 Å². The molecule has 1 fully saturated rings. The normalized spacial score (nSPS) is 15.1. The molecule has 1 aliphatic rings. The number of hydrogen-bond acceptors (Lipinski definition) is 7. The van der Waals surface area contributed by atoms with E-state index in [2.05, 4.69) is 26.7 Å². The third-order valence-electron chi connectivity index (χ3n) is 4.83. The molecule has 2 aromatic rings. The van der Waals surface area contributed by atoms with Gasteiger partial charge in [0.05, 0.1) is 32.4 Å². The van der Waals surface area contributed by atoms with Crippen LogP contribution in [0.3, 0.4) is 0 Å². The van der Waals surface area contributed by atoms with Gasteiger partial charge in [-0.15, -0.1) is 0 Å². The number of amides is 3. The van der Waals surface area contributed by atoms with E-state index in [0.29, 0.717) is 22.7 Å². The Morgan fingerprint density at radius 2 is 1.82 bits per heavy atom. The minimum atomic E-state index is -0.804. The van der Waals surface area contributed by atoms with Gasteiger partial charge in [-0.2, -0.15) is 0 Å². The van der Waals surface area contributed by atoms with E-state index in [1.54, 1.807) is 42.5 Å². The summed E-state index contributed by atoms with van der Waals surface area (Å²) in [6, 6.07) is 11.5. The van der Waals surface area contributed by atoms with Crippen LogP contribution in [0.25, 0.3) is 0 Å². The van der Waals surface area contributed by atoms with Crippen molar-refractivity contribution >= 4 is 45.3 Å². The fraction of sp³-hybridized carbons (Fsp3) is 0.273. The van der Waals surface area contributed by atoms with Crippen molar-refractivity contribution in [1.82, 2.24) is 10.4 Å². The van der Waals surface area contributed by atoms with Crippen LogP contribution in [0.2, 0.25) is 0 Å². The van der Waals surface area contributed by atoms with Crippen LogP contribution in [0.5, 0.6) is 11.5 Å². The highest BCUT2D eigenvalue weighted by Crippen LogP contribution is 2.28. The van der Waals surface area contributed by atoms with Crippen LogP contribution in [0.4, 0.5) is 5.69 Å². The van der Waals surface area contributed by atoms with Crippen LogP contribution in [-0.4, -0.2) is 56.1 Å². The quantitative estimate of drug-likeness (QED) is 0.512. The lowest BCUT2D eigenvalue weighted by atomic mass is 10.1. The summed E-state index contributed by atoms with van der Waals surface area (Å²) < 4.78 is 16.2. The number of anilines is 1. The number of ether oxygens (including phenoxy) is 3. The van der Waals surface area contributed by atoms with Gasteiger partial charge in [0.1, 0.15) is 11.5 Å². The Labute approximate surface area is 198 Å². The van der Waals surface area contributed by atoms with Gasteiger partial charge in [-0.25, -0.2) is 0 Å². The highest BCUT2D eigenvalue weighted by atomic mass is 79.9. The Hall–Kier alpha value is -3.60. The number of carbonyl (C=O) groups is 4. The zero-order chi connectivity index (χ0) is 24.0. The smallest absolute Gasteiger partial charge is 0.311 e. The summed E-state index contributed by atoms with van der Waals surface area (Å²) in [5, 5.41) is 3.67. The van der Waals surface area contributed by atoms with E-state index < -0.39 is 36.2 Å². The highest BCUT2D eigenvalue weighted by molar-refractivity contribution is 9.10. The molecule has 33 heavy (non-hydrogen) atoms. The number of nitrogens with zero attached hydrogens (tertiary/aromatic N) is 1. The molecule has 3 rings (SSSR count). The molecule has 10 nitrogen and oxygen atoms in total. The largest absolute Gasteiger partial charge is 0.497 e. The third-order valence-corrected chi connectivity index (χ3v) is 5.36. The molecule has 1 saturated heterocycles. The fourth-order valence-corrected chi connectivity index (χ4v) is 3.38. The fourth-order valence-electron chi connectivity index (χ4n) is 3.11. The van der Waals surface area contributed by atoms with Gasteiger partial charge < -0.3 is 19.5 Å². The Morgan fingerprint density at radius 1 is 1.09 bits per heavy atom. The van der Waals surface area contributed by atoms with Gasteiger partial charge in [-0.3, -0.25) is 29.6 Å². The van der Waals surface area contributed by atoms with Gasteiger partial charge in [0.2, 0.25) is 5.91 Å². The first-order valence-electron chi connectivity index (χ1n) is 9.86. The van der Waals surface area contributed by atoms with Crippen LogP contribution < -0.4 is 20.2 Å². The molecule has 0 aliphatic carbocycles. The van der Waals surface area contributed by atoms with Gasteiger partial charge in [-0.1, -0.05) is 15.9 Å². The monoisotopic (exact) mass is 519 g/mol. The molecule has 3 amide bonds. The summed E-state index contributed by atoms with van der Waals surface area (Å²) in [4.78, 5) is 49.1. The molecule has 0 saturated carbocycles. The van der Waals surface area contributed by atoms with Crippen molar-refractivity contribution in [2.24, 2.45) is 5.92 Å². The second kappa shape index (κ2) is 10.8. The average Bonchev–Trinajstić information content (AvgIpc) is 3.17. The van der Waals surface area contributed by atoms with Crippen LogP contribution >= 0.6 is 15.9 Å². The topological polar surface area (TPSA) is 123 Å². The summed E-state index contributed by atoms with van der Waals surface area (Å²) in [6.45, 7) is -0.597. The lowest BCUT2D eigenvalue weighted by Crippen LogP contribution is -2.43. The van der Waals surface area contributed by atoms with Crippen LogP contribution in [0.1, 0.15) is 16.8 Å². The summed E-state index contributed by atoms with van der Waals surface area (Å²) in [6.07, 6.45) is -0.134. The summed E-state index contributed by atoms with van der Waals surface area (Å²) in [7, 11) is 2.94. The van der Waals surface area contributed by atoms with E-state index in [4.69, 9.17) is 14.2 Å². The summed E-state index contributed by atoms with van der Waals surface area (Å²) in [5.74, 6) is -2.07. The van der Waals surface area contributed by atoms with Gasteiger partial charge in [0.25, 0.3) is 11.8 Å². The number of hydrazine groups is 1. The number of esters is 1. The molecule has 174 valence electrons. The second-order valence-corrected chi connectivity index (χ2v) is 7.99. The van der Waals surface area contributed by atoms with E-state index in [9.17, 15) is 19.2 Å². The maximum absolute atomic E-state index is 12.4. The summed E-state index contributed by atoms with van der Waals surface area (Å²) >= 11 is 3.28. The number of nitrogens with one attached hydrogen (secondary N) is 2. The first-order valence-corrected chi connectivity index (χ1v) is 10.7. The second-order valence-electron chi connectivity index (χ2n) is 7.08. The minimum Gasteiger partial charge on any atom is -0.497 e. The van der Waals surface area contributed by atoms with Crippen molar-refractivity contribution in [3.63, 3.8) is 0 Å². The molecule has 1 aliphatic heterocycles. The van der Waals surface area contributed by atoms with Crippen LogP contribution in [0.15, 0.2) is 46.9 Å². The van der Waals surface area contributed by atoms with Crippen molar-refractivity contribution in [3.05, 3.63) is 52.5 Å². The maximum Gasteiger partial charge on any atom is 0.311 e. The number of rotatable bonds is 8. The number of carbonyl (C=O) groups excluding carboxylic acids is 4. The van der Waals surface area contributed by atoms with Crippen LogP contribution in [0, 0.1) is 5.92 Å². The molecule has 2 N–H and O–H groups in total. The Balaban J connectivity index is 1.51. The Bertz CT molecular complexity index is 1060. The predicted octanol–water partition coefficient (Wildman–Crippen LogP) is 2.14. The van der Waals surface area contributed by atoms with Gasteiger partial charge in [-0.05, 0) is 36.4 Å². The minimum absolute atomic E-state index is 0.0503. The Kier molecular flexibility index (Phi) is 7.88. The first-order chi connectivity index (χ1) is 15.8. The van der Waals surface area contributed by atoms with E-state index in [0.717, 1.165) is 9.48 Å². The molecule has 0 aromatic heterocycles. The van der Waals surface area contributed by atoms with E-state index >= 15 is 0 Å². The molecule has 11 heteroatoms. The summed E-state index contributed by atoms with van der Waals surface area (Å²) in [5.41, 5.74) is 3.21. The number of methoxy groups -OCH3 is 2. The molecule has 1 atom stereocenters. The molecule has 2 aromatic carbocycles. The van der Waals surface area contributed by atoms with Crippen molar-refractivity contribution in [2.75, 3.05) is 32.7 Å². The highest BCUT2D eigenvalue weighted by Gasteiger charge is 2.36. The lowest BCUT2D eigenvalue weighted by Gasteiger charge is -2.17. The third kappa shape index (κ3) is 6.22. The number of benzene rings is 2. The SMILES string of the molecule is COc1ccc(OC)c(NC(=O)COC(=O)[C@H]2CC(=O)N(NC(=O)c3ccc(Br)cc3)C2)c1. The maximum atomic E-state index is 12.4. The number of halogens is 1. The molecule has 0 spiro atoms. The van der Waals surface area contributed by atoms with E-state index in [1.807, 2.05) is 0 Å². The van der Waals surface area contributed by atoms with E-state index in [-0.39, 0.29) is 13.0 Å².